The molecular weight excluding hydrogens is 366 g/mol. The van der Waals surface area contributed by atoms with Crippen molar-refractivity contribution in [3.63, 3.8) is 0 Å². The quantitative estimate of drug-likeness (QED) is 0.402. The zero-order chi connectivity index (χ0) is 20.8. The number of fused-ring (bicyclic) bond motifs is 1. The molecule has 150 valence electrons. The molecule has 4 aromatic carbocycles. The molecule has 1 amide bonds. The van der Waals surface area contributed by atoms with E-state index in [1.54, 1.807) is 0 Å². The molecule has 4 rings (SSSR count). The van der Waals surface area contributed by atoms with E-state index < -0.39 is 5.41 Å². The lowest BCUT2D eigenvalue weighted by atomic mass is 9.71. The number of aryl methyl sites for hydroxylation is 2. The van der Waals surface area contributed by atoms with E-state index in [4.69, 9.17) is 5.73 Å². The highest BCUT2D eigenvalue weighted by atomic mass is 16.1. The zero-order valence-electron chi connectivity index (χ0n) is 17.1. The van der Waals surface area contributed by atoms with E-state index in [9.17, 15) is 4.79 Å². The first-order valence-corrected chi connectivity index (χ1v) is 10.5. The number of primary amides is 1. The molecule has 2 nitrogen and oxygen atoms in total. The van der Waals surface area contributed by atoms with Crippen LogP contribution < -0.4 is 5.73 Å². The highest BCUT2D eigenvalue weighted by Gasteiger charge is 2.38. The van der Waals surface area contributed by atoms with Crippen LogP contribution in [-0.2, 0) is 23.1 Å². The molecule has 0 heterocycles. The van der Waals surface area contributed by atoms with Gasteiger partial charge in [-0.3, -0.25) is 4.79 Å². The van der Waals surface area contributed by atoms with Crippen molar-refractivity contribution in [3.05, 3.63) is 120 Å². The van der Waals surface area contributed by atoms with Gasteiger partial charge in [-0.25, -0.2) is 0 Å². The molecule has 0 radical (unpaired) electrons. The number of nitrogens with two attached hydrogens (primary N) is 1. The predicted octanol–water partition coefficient (Wildman–Crippen LogP) is 5.83. The van der Waals surface area contributed by atoms with Crippen LogP contribution in [0.1, 0.15) is 29.5 Å². The maximum atomic E-state index is 13.0. The van der Waals surface area contributed by atoms with E-state index in [1.807, 2.05) is 48.5 Å². The summed E-state index contributed by atoms with van der Waals surface area (Å²) in [4.78, 5) is 13.0. The Morgan fingerprint density at radius 1 is 0.633 bits per heavy atom. The minimum atomic E-state index is -0.713. The second kappa shape index (κ2) is 8.96. The normalized spacial score (nSPS) is 11.5. The van der Waals surface area contributed by atoms with Gasteiger partial charge in [-0.1, -0.05) is 103 Å². The van der Waals surface area contributed by atoms with Crippen LogP contribution in [0.25, 0.3) is 10.8 Å². The lowest BCUT2D eigenvalue weighted by molar-refractivity contribution is -0.124. The average molecular weight is 394 g/mol. The zero-order valence-corrected chi connectivity index (χ0v) is 17.1. The summed E-state index contributed by atoms with van der Waals surface area (Å²) >= 11 is 0. The van der Waals surface area contributed by atoms with Gasteiger partial charge in [-0.05, 0) is 53.1 Å². The van der Waals surface area contributed by atoms with E-state index >= 15 is 0 Å². The van der Waals surface area contributed by atoms with E-state index in [-0.39, 0.29) is 5.91 Å². The monoisotopic (exact) mass is 393 g/mol. The molecule has 0 aliphatic carbocycles. The second-order valence-corrected chi connectivity index (χ2v) is 7.98. The summed E-state index contributed by atoms with van der Waals surface area (Å²) in [6.07, 6.45) is 3.01. The molecule has 0 aliphatic heterocycles. The van der Waals surface area contributed by atoms with Crippen molar-refractivity contribution in [2.45, 2.75) is 31.1 Å². The molecule has 0 unspecified atom stereocenters. The lowest BCUT2D eigenvalue weighted by Gasteiger charge is -2.32. The summed E-state index contributed by atoms with van der Waals surface area (Å²) in [5.74, 6) is -0.246. The SMILES string of the molecule is NC(=O)C(CCc1ccccc1)(CCc1ccccc1)c1ccc2ccccc2c1. The van der Waals surface area contributed by atoms with Crippen LogP contribution in [0.5, 0.6) is 0 Å². The van der Waals surface area contributed by atoms with Gasteiger partial charge >= 0.3 is 0 Å². The first-order valence-electron chi connectivity index (χ1n) is 10.5. The Hall–Kier alpha value is -3.39. The molecule has 30 heavy (non-hydrogen) atoms. The van der Waals surface area contributed by atoms with Crippen molar-refractivity contribution in [1.82, 2.24) is 0 Å². The Balaban J connectivity index is 1.72. The van der Waals surface area contributed by atoms with Gasteiger partial charge in [0.05, 0.1) is 5.41 Å². The number of rotatable bonds is 8. The molecule has 4 aromatic rings. The van der Waals surface area contributed by atoms with Crippen LogP contribution in [0.15, 0.2) is 103 Å². The van der Waals surface area contributed by atoms with Crippen LogP contribution in [0.4, 0.5) is 0 Å². The van der Waals surface area contributed by atoms with E-state index in [0.29, 0.717) is 12.8 Å². The fourth-order valence-corrected chi connectivity index (χ4v) is 4.29. The fraction of sp³-hybridized carbons (Fsp3) is 0.179. The van der Waals surface area contributed by atoms with Crippen molar-refractivity contribution in [1.29, 1.82) is 0 Å². The van der Waals surface area contributed by atoms with Gasteiger partial charge in [0.15, 0.2) is 0 Å². The van der Waals surface area contributed by atoms with Crippen molar-refractivity contribution < 1.29 is 4.79 Å². The molecule has 0 aliphatic rings. The summed E-state index contributed by atoms with van der Waals surface area (Å²) < 4.78 is 0. The Bertz CT molecular complexity index is 1080. The molecule has 0 spiro atoms. The fourth-order valence-electron chi connectivity index (χ4n) is 4.29. The number of hydrogen-bond donors (Lipinski definition) is 1. The average Bonchev–Trinajstić information content (AvgIpc) is 2.80. The van der Waals surface area contributed by atoms with Gasteiger partial charge < -0.3 is 5.73 Å². The number of carbonyl (C=O) groups excluding carboxylic acids is 1. The molecule has 0 fully saturated rings. The van der Waals surface area contributed by atoms with Crippen LogP contribution >= 0.6 is 0 Å². The van der Waals surface area contributed by atoms with E-state index in [2.05, 4.69) is 54.6 Å². The predicted molar refractivity (Wildman–Crippen MR) is 124 cm³/mol. The number of amides is 1. The van der Waals surface area contributed by atoms with E-state index in [1.165, 1.54) is 16.5 Å². The van der Waals surface area contributed by atoms with Gasteiger partial charge in [0.25, 0.3) is 0 Å². The number of benzene rings is 4. The summed E-state index contributed by atoms with van der Waals surface area (Å²) in [6.45, 7) is 0. The first-order chi connectivity index (χ1) is 14.7. The van der Waals surface area contributed by atoms with Crippen molar-refractivity contribution >= 4 is 16.7 Å². The van der Waals surface area contributed by atoms with Gasteiger partial charge in [-0.15, -0.1) is 0 Å². The highest BCUT2D eigenvalue weighted by molar-refractivity contribution is 5.90. The molecular formula is C28H27NO. The van der Waals surface area contributed by atoms with Gasteiger partial charge in [0, 0.05) is 0 Å². The minimum Gasteiger partial charge on any atom is -0.369 e. The van der Waals surface area contributed by atoms with Crippen molar-refractivity contribution in [3.8, 4) is 0 Å². The largest absolute Gasteiger partial charge is 0.369 e. The molecule has 0 saturated heterocycles. The Labute approximate surface area is 178 Å². The standard InChI is InChI=1S/C28H27NO/c29-27(30)28(19-17-22-9-3-1-4-10-22,20-18-23-11-5-2-6-12-23)26-16-15-24-13-7-8-14-25(24)21-26/h1-16,21H,17-20H2,(H2,29,30). The Morgan fingerprint density at radius 3 is 1.67 bits per heavy atom. The van der Waals surface area contributed by atoms with Crippen LogP contribution in [0.2, 0.25) is 0 Å². The van der Waals surface area contributed by atoms with Gasteiger partial charge in [-0.2, -0.15) is 0 Å². The van der Waals surface area contributed by atoms with Gasteiger partial charge in [0.1, 0.15) is 0 Å². The molecule has 0 atom stereocenters. The Morgan fingerprint density at radius 2 is 1.13 bits per heavy atom. The molecule has 0 bridgehead atoms. The van der Waals surface area contributed by atoms with Gasteiger partial charge in [0.2, 0.25) is 5.91 Å². The summed E-state index contributed by atoms with van der Waals surface area (Å²) in [7, 11) is 0. The molecule has 0 aromatic heterocycles. The minimum absolute atomic E-state index is 0.246. The van der Waals surface area contributed by atoms with Crippen LogP contribution in [0.3, 0.4) is 0 Å². The van der Waals surface area contributed by atoms with Crippen LogP contribution in [0, 0.1) is 0 Å². The first kappa shape index (κ1) is 19.9. The number of carbonyl (C=O) groups is 1. The topological polar surface area (TPSA) is 43.1 Å². The Kier molecular flexibility index (Phi) is 5.94. The molecule has 0 saturated carbocycles. The third-order valence-electron chi connectivity index (χ3n) is 6.14. The van der Waals surface area contributed by atoms with E-state index in [0.717, 1.165) is 23.8 Å². The van der Waals surface area contributed by atoms with Crippen molar-refractivity contribution in [2.75, 3.05) is 0 Å². The number of hydrogen-bond acceptors (Lipinski definition) is 1. The summed E-state index contributed by atoms with van der Waals surface area (Å²) in [6, 6.07) is 35.3. The van der Waals surface area contributed by atoms with Crippen LogP contribution in [-0.4, -0.2) is 5.91 Å². The molecule has 2 heteroatoms. The lowest BCUT2D eigenvalue weighted by Crippen LogP contribution is -2.42. The third kappa shape index (κ3) is 4.28. The highest BCUT2D eigenvalue weighted by Crippen LogP contribution is 2.36. The smallest absolute Gasteiger partial charge is 0.228 e. The summed E-state index contributed by atoms with van der Waals surface area (Å²) in [5.41, 5.74) is 8.89. The second-order valence-electron chi connectivity index (χ2n) is 7.98. The third-order valence-corrected chi connectivity index (χ3v) is 6.14. The maximum absolute atomic E-state index is 13.0. The maximum Gasteiger partial charge on any atom is 0.228 e. The van der Waals surface area contributed by atoms with Crippen molar-refractivity contribution in [2.24, 2.45) is 5.73 Å². The molecule has 2 N–H and O–H groups in total. The summed E-state index contributed by atoms with van der Waals surface area (Å²) in [5, 5.41) is 2.31.